The smallest absolute Gasteiger partial charge is 0.257 e. The van der Waals surface area contributed by atoms with Gasteiger partial charge in [0.15, 0.2) is 0 Å². The molecule has 0 saturated heterocycles. The van der Waals surface area contributed by atoms with Crippen LogP contribution in [0.4, 0.5) is 4.39 Å². The van der Waals surface area contributed by atoms with Gasteiger partial charge in [-0.1, -0.05) is 23.8 Å². The minimum absolute atomic E-state index is 0.00153. The third-order valence-electron chi connectivity index (χ3n) is 4.20. The van der Waals surface area contributed by atoms with Gasteiger partial charge in [-0.3, -0.25) is 9.59 Å². The van der Waals surface area contributed by atoms with E-state index in [1.807, 2.05) is 25.1 Å². The Labute approximate surface area is 149 Å². The molecule has 1 amide bonds. The van der Waals surface area contributed by atoms with Gasteiger partial charge in [0.05, 0.1) is 18.7 Å². The van der Waals surface area contributed by atoms with Crippen molar-refractivity contribution in [1.29, 1.82) is 0 Å². The van der Waals surface area contributed by atoms with Crippen LogP contribution in [-0.4, -0.2) is 34.0 Å². The summed E-state index contributed by atoms with van der Waals surface area (Å²) in [5.74, 6) is -1.20. The van der Waals surface area contributed by atoms with Gasteiger partial charge in [0.1, 0.15) is 5.82 Å². The van der Waals surface area contributed by atoms with Gasteiger partial charge in [0.25, 0.3) is 11.5 Å². The second-order valence-electron chi connectivity index (χ2n) is 6.14. The fourth-order valence-corrected chi connectivity index (χ4v) is 2.87. The lowest BCUT2D eigenvalue weighted by Gasteiger charge is -2.22. The number of nitrogens with one attached hydrogen (secondary N) is 1. The van der Waals surface area contributed by atoms with Gasteiger partial charge in [0, 0.05) is 17.6 Å². The Morgan fingerprint density at radius 2 is 1.96 bits per heavy atom. The van der Waals surface area contributed by atoms with Crippen molar-refractivity contribution >= 4 is 16.8 Å². The van der Waals surface area contributed by atoms with E-state index in [0.717, 1.165) is 10.9 Å². The molecule has 0 spiro atoms. The quantitative estimate of drug-likeness (QED) is 0.740. The number of fused-ring (bicyclic) bond motifs is 1. The Hall–Kier alpha value is -2.99. The van der Waals surface area contributed by atoms with Gasteiger partial charge in [-0.2, -0.15) is 0 Å². The van der Waals surface area contributed by atoms with E-state index in [1.165, 1.54) is 23.1 Å². The van der Waals surface area contributed by atoms with Crippen LogP contribution in [0.1, 0.15) is 21.5 Å². The predicted octanol–water partition coefficient (Wildman–Crippen LogP) is 2.61. The van der Waals surface area contributed by atoms with Crippen LogP contribution in [0.5, 0.6) is 0 Å². The molecule has 5 nitrogen and oxygen atoms in total. The molecule has 0 atom stereocenters. The van der Waals surface area contributed by atoms with Crippen LogP contribution in [0.2, 0.25) is 0 Å². The molecule has 0 aliphatic heterocycles. The van der Waals surface area contributed by atoms with E-state index in [1.54, 1.807) is 12.1 Å². The molecule has 6 heteroatoms. The number of aliphatic hydroxyl groups excluding tert-OH is 1. The molecule has 2 N–H and O–H groups in total. The van der Waals surface area contributed by atoms with Crippen molar-refractivity contribution in [3.05, 3.63) is 81.4 Å². The maximum Gasteiger partial charge on any atom is 0.257 e. The number of aryl methyl sites for hydroxylation is 1. The van der Waals surface area contributed by atoms with Crippen molar-refractivity contribution in [2.75, 3.05) is 13.2 Å². The first kappa shape index (κ1) is 17.8. The Balaban J connectivity index is 1.96. The van der Waals surface area contributed by atoms with Crippen LogP contribution in [0.25, 0.3) is 10.9 Å². The first-order chi connectivity index (χ1) is 12.5. The SMILES string of the molecule is Cc1ccc2[nH]c(=O)c(CN(CCO)C(=O)c3ccccc3F)cc2c1. The summed E-state index contributed by atoms with van der Waals surface area (Å²) in [5.41, 5.74) is 1.73. The van der Waals surface area contributed by atoms with Crippen LogP contribution in [-0.2, 0) is 6.54 Å². The number of carbonyl (C=O) groups is 1. The van der Waals surface area contributed by atoms with Crippen LogP contribution in [0.3, 0.4) is 0 Å². The van der Waals surface area contributed by atoms with E-state index >= 15 is 0 Å². The van der Waals surface area contributed by atoms with Crippen molar-refractivity contribution in [2.45, 2.75) is 13.5 Å². The number of aromatic amines is 1. The molecule has 2 aromatic carbocycles. The highest BCUT2D eigenvalue weighted by atomic mass is 19.1. The number of amides is 1. The Morgan fingerprint density at radius 3 is 2.69 bits per heavy atom. The number of aromatic nitrogens is 1. The molecule has 0 bridgehead atoms. The summed E-state index contributed by atoms with van der Waals surface area (Å²) in [4.78, 5) is 29.1. The third-order valence-corrected chi connectivity index (χ3v) is 4.20. The summed E-state index contributed by atoms with van der Waals surface area (Å²) in [5, 5.41) is 10.1. The van der Waals surface area contributed by atoms with Crippen LogP contribution >= 0.6 is 0 Å². The number of hydrogen-bond acceptors (Lipinski definition) is 3. The fraction of sp³-hybridized carbons (Fsp3) is 0.200. The summed E-state index contributed by atoms with van der Waals surface area (Å²) in [6.45, 7) is 1.64. The molecule has 26 heavy (non-hydrogen) atoms. The first-order valence-electron chi connectivity index (χ1n) is 8.27. The van der Waals surface area contributed by atoms with E-state index < -0.39 is 11.7 Å². The zero-order valence-corrected chi connectivity index (χ0v) is 14.3. The highest BCUT2D eigenvalue weighted by molar-refractivity contribution is 5.94. The molecule has 3 rings (SSSR count). The van der Waals surface area contributed by atoms with Gasteiger partial charge in [-0.15, -0.1) is 0 Å². The Morgan fingerprint density at radius 1 is 1.19 bits per heavy atom. The van der Waals surface area contributed by atoms with Crippen molar-refractivity contribution in [1.82, 2.24) is 9.88 Å². The largest absolute Gasteiger partial charge is 0.395 e. The second kappa shape index (κ2) is 7.49. The molecule has 1 heterocycles. The van der Waals surface area contributed by atoms with E-state index in [4.69, 9.17) is 0 Å². The molecular formula is C20H19FN2O3. The number of hydrogen-bond donors (Lipinski definition) is 2. The third kappa shape index (κ3) is 3.65. The van der Waals surface area contributed by atoms with Crippen LogP contribution in [0, 0.1) is 12.7 Å². The fourth-order valence-electron chi connectivity index (χ4n) is 2.87. The van der Waals surface area contributed by atoms with Crippen molar-refractivity contribution < 1.29 is 14.3 Å². The minimum atomic E-state index is -0.636. The van der Waals surface area contributed by atoms with Gasteiger partial charge in [-0.25, -0.2) is 4.39 Å². The van der Waals surface area contributed by atoms with Crippen molar-refractivity contribution in [3.63, 3.8) is 0 Å². The number of nitrogens with zero attached hydrogens (tertiary/aromatic N) is 1. The molecule has 1 aromatic heterocycles. The summed E-state index contributed by atoms with van der Waals surface area (Å²) in [7, 11) is 0. The number of aliphatic hydroxyl groups is 1. The van der Waals surface area contributed by atoms with Crippen LogP contribution < -0.4 is 5.56 Å². The lowest BCUT2D eigenvalue weighted by molar-refractivity contribution is 0.0702. The van der Waals surface area contributed by atoms with Crippen molar-refractivity contribution in [3.8, 4) is 0 Å². The standard InChI is InChI=1S/C20H19FN2O3/c1-13-6-7-18-14(10-13)11-15(19(25)22-18)12-23(8-9-24)20(26)16-4-2-3-5-17(16)21/h2-7,10-11,24H,8-9,12H2,1H3,(H,22,25). The Kier molecular flexibility index (Phi) is 5.14. The van der Waals surface area contributed by atoms with Crippen molar-refractivity contribution in [2.24, 2.45) is 0 Å². The molecule has 134 valence electrons. The molecule has 0 radical (unpaired) electrons. The lowest BCUT2D eigenvalue weighted by Crippen LogP contribution is -2.35. The normalized spacial score (nSPS) is 10.9. The predicted molar refractivity (Wildman–Crippen MR) is 97.5 cm³/mol. The number of rotatable bonds is 5. The summed E-state index contributed by atoms with van der Waals surface area (Å²) in [6, 6.07) is 13.0. The lowest BCUT2D eigenvalue weighted by atomic mass is 10.1. The summed E-state index contributed by atoms with van der Waals surface area (Å²) < 4.78 is 13.9. The molecule has 0 aliphatic carbocycles. The second-order valence-corrected chi connectivity index (χ2v) is 6.14. The monoisotopic (exact) mass is 354 g/mol. The van der Waals surface area contributed by atoms with E-state index in [0.29, 0.717) is 11.1 Å². The molecular weight excluding hydrogens is 335 g/mol. The molecule has 3 aromatic rings. The van der Waals surface area contributed by atoms with Gasteiger partial charge >= 0.3 is 0 Å². The Bertz CT molecular complexity index is 1010. The maximum atomic E-state index is 13.9. The van der Waals surface area contributed by atoms with Gasteiger partial charge < -0.3 is 15.0 Å². The number of pyridine rings is 1. The number of carbonyl (C=O) groups excluding carboxylic acids is 1. The number of benzene rings is 2. The average Bonchev–Trinajstić information content (AvgIpc) is 2.62. The van der Waals surface area contributed by atoms with E-state index in [2.05, 4.69) is 4.98 Å². The minimum Gasteiger partial charge on any atom is -0.395 e. The summed E-state index contributed by atoms with van der Waals surface area (Å²) >= 11 is 0. The van der Waals surface area contributed by atoms with Crippen LogP contribution in [0.15, 0.2) is 53.3 Å². The van der Waals surface area contributed by atoms with Gasteiger partial charge in [0.2, 0.25) is 0 Å². The highest BCUT2D eigenvalue weighted by Gasteiger charge is 2.20. The van der Waals surface area contributed by atoms with Gasteiger partial charge in [-0.05, 0) is 42.6 Å². The average molecular weight is 354 g/mol. The molecule has 0 unspecified atom stereocenters. The highest BCUT2D eigenvalue weighted by Crippen LogP contribution is 2.16. The van der Waals surface area contributed by atoms with E-state index in [-0.39, 0.29) is 30.8 Å². The maximum absolute atomic E-state index is 13.9. The number of halogens is 1. The molecule has 0 saturated carbocycles. The molecule has 0 fully saturated rings. The topological polar surface area (TPSA) is 73.4 Å². The first-order valence-corrected chi connectivity index (χ1v) is 8.27. The summed E-state index contributed by atoms with van der Waals surface area (Å²) in [6.07, 6.45) is 0. The van der Waals surface area contributed by atoms with E-state index in [9.17, 15) is 19.1 Å². The number of H-pyrrole nitrogens is 1. The zero-order chi connectivity index (χ0) is 18.7. The molecule has 0 aliphatic rings. The zero-order valence-electron chi connectivity index (χ0n) is 14.3.